The van der Waals surface area contributed by atoms with Gasteiger partial charge in [0.05, 0.1) is 18.8 Å². The molecule has 1 atom stereocenters. The Labute approximate surface area is 79.5 Å². The van der Waals surface area contributed by atoms with Gasteiger partial charge in [-0.2, -0.15) is 5.26 Å². The monoisotopic (exact) mass is 186 g/mol. The number of ether oxygens (including phenoxy) is 1. The lowest BCUT2D eigenvalue weighted by Gasteiger charge is -2.09. The summed E-state index contributed by atoms with van der Waals surface area (Å²) in [7, 11) is 1.57. The van der Waals surface area contributed by atoms with Gasteiger partial charge in [0.2, 0.25) is 0 Å². The Morgan fingerprint density at radius 3 is 2.92 bits per heavy atom. The quantitative estimate of drug-likeness (QED) is 0.534. The zero-order chi connectivity index (χ0) is 9.94. The molecule has 0 aromatic carbocycles. The number of nitrogens with one attached hydrogen (secondary N) is 1. The van der Waals surface area contributed by atoms with Crippen LogP contribution in [-0.4, -0.2) is 38.0 Å². The van der Waals surface area contributed by atoms with Crippen LogP contribution in [0.2, 0.25) is 0 Å². The highest BCUT2D eigenvalue weighted by Gasteiger charge is 2.00. The van der Waals surface area contributed by atoms with Crippen molar-refractivity contribution in [1.82, 2.24) is 5.32 Å². The predicted octanol–water partition coefficient (Wildman–Crippen LogP) is 0.277. The lowest BCUT2D eigenvalue weighted by molar-refractivity contribution is 0.0646. The molecule has 0 aliphatic heterocycles. The third kappa shape index (κ3) is 9.28. The second-order valence-electron chi connectivity index (χ2n) is 2.93. The fourth-order valence-electron chi connectivity index (χ4n) is 0.974. The van der Waals surface area contributed by atoms with E-state index in [9.17, 15) is 5.11 Å². The van der Waals surface area contributed by atoms with Gasteiger partial charge in [0.1, 0.15) is 0 Å². The van der Waals surface area contributed by atoms with E-state index in [2.05, 4.69) is 11.4 Å². The number of aliphatic hydroxyl groups excluding tert-OH is 1. The van der Waals surface area contributed by atoms with Crippen LogP contribution in [0, 0.1) is 11.3 Å². The van der Waals surface area contributed by atoms with Gasteiger partial charge in [-0.05, 0) is 19.4 Å². The lowest BCUT2D eigenvalue weighted by atomic mass is 10.2. The number of methoxy groups -OCH3 is 1. The molecular formula is C9H18N2O2. The highest BCUT2D eigenvalue weighted by molar-refractivity contribution is 4.68. The number of nitriles is 1. The standard InChI is InChI=1S/C9H18N2O2/c1-13-8-9(12)7-11-6-4-2-3-5-10/h9,11-12H,2-4,6-8H2,1H3. The maximum atomic E-state index is 9.21. The third-order valence-electron chi connectivity index (χ3n) is 1.63. The molecule has 0 fully saturated rings. The molecule has 0 amide bonds. The fourth-order valence-corrected chi connectivity index (χ4v) is 0.974. The van der Waals surface area contributed by atoms with Crippen molar-refractivity contribution in [2.45, 2.75) is 25.4 Å². The first kappa shape index (κ1) is 12.4. The van der Waals surface area contributed by atoms with Crippen molar-refractivity contribution in [3.05, 3.63) is 0 Å². The molecule has 0 rings (SSSR count). The number of rotatable bonds is 8. The number of unbranched alkanes of at least 4 members (excludes halogenated alkanes) is 2. The summed E-state index contributed by atoms with van der Waals surface area (Å²) in [5.41, 5.74) is 0. The summed E-state index contributed by atoms with van der Waals surface area (Å²) in [6.45, 7) is 1.77. The minimum Gasteiger partial charge on any atom is -0.389 e. The molecule has 0 aliphatic rings. The first-order valence-corrected chi connectivity index (χ1v) is 4.56. The summed E-state index contributed by atoms with van der Waals surface area (Å²) in [5, 5.41) is 20.6. The van der Waals surface area contributed by atoms with Crippen molar-refractivity contribution in [1.29, 1.82) is 5.26 Å². The Hall–Kier alpha value is -0.630. The normalized spacial score (nSPS) is 12.4. The predicted molar refractivity (Wildman–Crippen MR) is 50.2 cm³/mol. The second kappa shape index (κ2) is 9.46. The van der Waals surface area contributed by atoms with Crippen LogP contribution in [0.15, 0.2) is 0 Å². The van der Waals surface area contributed by atoms with Gasteiger partial charge < -0.3 is 15.2 Å². The minimum atomic E-state index is -0.430. The highest BCUT2D eigenvalue weighted by atomic mass is 16.5. The van der Waals surface area contributed by atoms with E-state index in [0.717, 1.165) is 19.4 Å². The van der Waals surface area contributed by atoms with Crippen molar-refractivity contribution >= 4 is 0 Å². The van der Waals surface area contributed by atoms with Gasteiger partial charge in [-0.15, -0.1) is 0 Å². The Kier molecular flexibility index (Phi) is 9.00. The van der Waals surface area contributed by atoms with Crippen LogP contribution in [0.3, 0.4) is 0 Å². The maximum Gasteiger partial charge on any atom is 0.0897 e. The molecule has 0 radical (unpaired) electrons. The van der Waals surface area contributed by atoms with Gasteiger partial charge in [-0.1, -0.05) is 0 Å². The Bertz CT molecular complexity index is 145. The first-order chi connectivity index (χ1) is 6.31. The van der Waals surface area contributed by atoms with E-state index in [1.807, 2.05) is 0 Å². The van der Waals surface area contributed by atoms with Gasteiger partial charge in [-0.3, -0.25) is 0 Å². The molecule has 2 N–H and O–H groups in total. The SMILES string of the molecule is COCC(O)CNCCCCC#N. The first-order valence-electron chi connectivity index (χ1n) is 4.56. The average Bonchev–Trinajstić information content (AvgIpc) is 2.11. The van der Waals surface area contributed by atoms with Crippen LogP contribution in [0.25, 0.3) is 0 Å². The summed E-state index contributed by atoms with van der Waals surface area (Å²) < 4.78 is 4.77. The summed E-state index contributed by atoms with van der Waals surface area (Å²) in [5.74, 6) is 0. The van der Waals surface area contributed by atoms with E-state index in [1.165, 1.54) is 0 Å². The zero-order valence-corrected chi connectivity index (χ0v) is 8.12. The van der Waals surface area contributed by atoms with Gasteiger partial charge in [0, 0.05) is 20.1 Å². The Morgan fingerprint density at radius 1 is 1.54 bits per heavy atom. The molecule has 0 aliphatic carbocycles. The molecule has 4 nitrogen and oxygen atoms in total. The number of hydrogen-bond donors (Lipinski definition) is 2. The van der Waals surface area contributed by atoms with Gasteiger partial charge in [-0.25, -0.2) is 0 Å². The van der Waals surface area contributed by atoms with E-state index in [4.69, 9.17) is 10.00 Å². The van der Waals surface area contributed by atoms with Crippen LogP contribution < -0.4 is 5.32 Å². The van der Waals surface area contributed by atoms with E-state index in [-0.39, 0.29) is 0 Å². The minimum absolute atomic E-state index is 0.366. The van der Waals surface area contributed by atoms with Crippen molar-refractivity contribution in [3.8, 4) is 6.07 Å². The molecular weight excluding hydrogens is 168 g/mol. The molecule has 0 spiro atoms. The molecule has 0 bridgehead atoms. The van der Waals surface area contributed by atoms with Crippen LogP contribution >= 0.6 is 0 Å². The molecule has 0 aromatic rings. The Morgan fingerprint density at radius 2 is 2.31 bits per heavy atom. The van der Waals surface area contributed by atoms with Crippen LogP contribution in [0.1, 0.15) is 19.3 Å². The average molecular weight is 186 g/mol. The van der Waals surface area contributed by atoms with E-state index in [1.54, 1.807) is 7.11 Å². The topological polar surface area (TPSA) is 65.3 Å². The van der Waals surface area contributed by atoms with Crippen molar-refractivity contribution < 1.29 is 9.84 Å². The smallest absolute Gasteiger partial charge is 0.0897 e. The lowest BCUT2D eigenvalue weighted by Crippen LogP contribution is -2.30. The number of nitrogens with zero attached hydrogens (tertiary/aromatic N) is 1. The summed E-state index contributed by atoms with van der Waals surface area (Å²) in [6, 6.07) is 2.09. The molecule has 0 heterocycles. The van der Waals surface area contributed by atoms with Gasteiger partial charge in [0.15, 0.2) is 0 Å². The van der Waals surface area contributed by atoms with Crippen molar-refractivity contribution in [2.24, 2.45) is 0 Å². The van der Waals surface area contributed by atoms with E-state index < -0.39 is 6.10 Å². The Balaban J connectivity index is 3.03. The van der Waals surface area contributed by atoms with E-state index in [0.29, 0.717) is 19.6 Å². The number of hydrogen-bond acceptors (Lipinski definition) is 4. The van der Waals surface area contributed by atoms with Crippen LogP contribution in [-0.2, 0) is 4.74 Å². The van der Waals surface area contributed by atoms with Gasteiger partial charge in [0.25, 0.3) is 0 Å². The molecule has 13 heavy (non-hydrogen) atoms. The molecule has 4 heteroatoms. The maximum absolute atomic E-state index is 9.21. The molecule has 0 aromatic heterocycles. The summed E-state index contributed by atoms with van der Waals surface area (Å²) in [6.07, 6.45) is 2.08. The van der Waals surface area contributed by atoms with Crippen molar-refractivity contribution in [3.63, 3.8) is 0 Å². The fraction of sp³-hybridized carbons (Fsp3) is 0.889. The summed E-state index contributed by atoms with van der Waals surface area (Å²) in [4.78, 5) is 0. The van der Waals surface area contributed by atoms with Crippen LogP contribution in [0.4, 0.5) is 0 Å². The highest BCUT2D eigenvalue weighted by Crippen LogP contribution is 1.91. The van der Waals surface area contributed by atoms with E-state index >= 15 is 0 Å². The second-order valence-corrected chi connectivity index (χ2v) is 2.93. The molecule has 0 saturated heterocycles. The van der Waals surface area contributed by atoms with Crippen molar-refractivity contribution in [2.75, 3.05) is 26.8 Å². The van der Waals surface area contributed by atoms with Crippen LogP contribution in [0.5, 0.6) is 0 Å². The van der Waals surface area contributed by atoms with Gasteiger partial charge >= 0.3 is 0 Å². The molecule has 1 unspecified atom stereocenters. The summed E-state index contributed by atoms with van der Waals surface area (Å²) >= 11 is 0. The molecule has 0 saturated carbocycles. The third-order valence-corrected chi connectivity index (χ3v) is 1.63. The zero-order valence-electron chi connectivity index (χ0n) is 8.12. The number of aliphatic hydroxyl groups is 1. The molecule has 76 valence electrons. The largest absolute Gasteiger partial charge is 0.389 e.